The van der Waals surface area contributed by atoms with Crippen molar-refractivity contribution in [2.45, 2.75) is 31.7 Å². The van der Waals surface area contributed by atoms with Crippen molar-refractivity contribution in [3.05, 3.63) is 16.1 Å². The summed E-state index contributed by atoms with van der Waals surface area (Å²) in [6, 6.07) is -0.0571. The van der Waals surface area contributed by atoms with E-state index in [0.29, 0.717) is 19.4 Å². The summed E-state index contributed by atoms with van der Waals surface area (Å²) in [5.74, 6) is -0.929. The van der Waals surface area contributed by atoms with Gasteiger partial charge in [0.05, 0.1) is 17.7 Å². The molecule has 2 heterocycles. The van der Waals surface area contributed by atoms with Gasteiger partial charge in [0.15, 0.2) is 5.69 Å². The molecule has 2 N–H and O–H groups in total. The lowest BCUT2D eigenvalue weighted by atomic mass is 10.2. The zero-order valence-electron chi connectivity index (χ0n) is 10.4. The van der Waals surface area contributed by atoms with E-state index in [4.69, 9.17) is 10.2 Å². The van der Waals surface area contributed by atoms with Crippen molar-refractivity contribution in [3.8, 4) is 0 Å². The maximum atomic E-state index is 11.6. The zero-order chi connectivity index (χ0) is 13.8. The van der Waals surface area contributed by atoms with E-state index >= 15 is 0 Å². The fourth-order valence-corrected chi connectivity index (χ4v) is 3.03. The molecule has 0 aliphatic carbocycles. The molecule has 2 rings (SSSR count). The summed E-state index contributed by atoms with van der Waals surface area (Å²) in [7, 11) is 0. The summed E-state index contributed by atoms with van der Waals surface area (Å²) < 4.78 is 0. The molecule has 19 heavy (non-hydrogen) atoms. The zero-order valence-corrected chi connectivity index (χ0v) is 11.2. The number of carboxylic acid groups (broad SMARTS) is 1. The van der Waals surface area contributed by atoms with Crippen molar-refractivity contribution in [1.82, 2.24) is 9.88 Å². The van der Waals surface area contributed by atoms with E-state index in [0.717, 1.165) is 17.8 Å². The number of carbonyl (C=O) groups excluding carboxylic acids is 1. The highest BCUT2D eigenvalue weighted by Gasteiger charge is 2.29. The molecular weight excluding hydrogens is 268 g/mol. The van der Waals surface area contributed by atoms with E-state index in [-0.39, 0.29) is 24.2 Å². The van der Waals surface area contributed by atoms with E-state index < -0.39 is 5.97 Å². The first-order valence-corrected chi connectivity index (χ1v) is 7.08. The molecule has 6 nitrogen and oxygen atoms in total. The van der Waals surface area contributed by atoms with Gasteiger partial charge >= 0.3 is 5.97 Å². The number of aliphatic hydroxyl groups is 1. The molecule has 1 atom stereocenters. The van der Waals surface area contributed by atoms with Crippen LogP contribution in [0.15, 0.2) is 5.38 Å². The molecule has 1 aliphatic rings. The molecule has 0 saturated carbocycles. The summed E-state index contributed by atoms with van der Waals surface area (Å²) in [4.78, 5) is 28.0. The van der Waals surface area contributed by atoms with Crippen molar-refractivity contribution >= 4 is 23.2 Å². The van der Waals surface area contributed by atoms with Crippen LogP contribution in [-0.4, -0.2) is 51.2 Å². The van der Waals surface area contributed by atoms with Gasteiger partial charge in [0.1, 0.15) is 0 Å². The standard InChI is InChI=1S/C12H16N2O4S/c15-6-8-3-4-11(16)14(8)5-1-2-10-13-9(7-19-10)12(17)18/h7-8,15H,1-6H2,(H,17,18)/t8-/m1/s1. The van der Waals surface area contributed by atoms with Gasteiger partial charge in [0, 0.05) is 24.8 Å². The number of hydrogen-bond donors (Lipinski definition) is 2. The highest BCUT2D eigenvalue weighted by atomic mass is 32.1. The minimum Gasteiger partial charge on any atom is -0.476 e. The number of thiazole rings is 1. The highest BCUT2D eigenvalue weighted by Crippen LogP contribution is 2.19. The predicted molar refractivity (Wildman–Crippen MR) is 69.2 cm³/mol. The molecule has 1 fully saturated rings. The summed E-state index contributed by atoms with van der Waals surface area (Å²) in [5, 5.41) is 20.2. The largest absolute Gasteiger partial charge is 0.476 e. The van der Waals surface area contributed by atoms with Crippen LogP contribution >= 0.6 is 11.3 Å². The van der Waals surface area contributed by atoms with Crippen molar-refractivity contribution in [2.75, 3.05) is 13.2 Å². The van der Waals surface area contributed by atoms with Gasteiger partial charge in [-0.25, -0.2) is 9.78 Å². The maximum Gasteiger partial charge on any atom is 0.355 e. The Morgan fingerprint density at radius 3 is 3.00 bits per heavy atom. The number of hydrogen-bond acceptors (Lipinski definition) is 5. The Morgan fingerprint density at radius 1 is 1.58 bits per heavy atom. The maximum absolute atomic E-state index is 11.6. The van der Waals surface area contributed by atoms with E-state index in [1.54, 1.807) is 4.90 Å². The molecule has 0 radical (unpaired) electrons. The predicted octanol–water partition coefficient (Wildman–Crippen LogP) is 0.757. The number of likely N-dealkylation sites (tertiary alicyclic amines) is 1. The van der Waals surface area contributed by atoms with Gasteiger partial charge in [-0.2, -0.15) is 0 Å². The normalized spacial score (nSPS) is 19.1. The fourth-order valence-electron chi connectivity index (χ4n) is 2.21. The van der Waals surface area contributed by atoms with Crippen LogP contribution in [0.2, 0.25) is 0 Å². The molecule has 0 unspecified atom stereocenters. The van der Waals surface area contributed by atoms with Gasteiger partial charge in [-0.3, -0.25) is 4.79 Å². The molecule has 0 aromatic carbocycles. The number of aromatic nitrogens is 1. The Labute approximate surface area is 114 Å². The number of aryl methyl sites for hydroxylation is 1. The Hall–Kier alpha value is -1.47. The average molecular weight is 284 g/mol. The highest BCUT2D eigenvalue weighted by molar-refractivity contribution is 7.09. The Balaban J connectivity index is 1.82. The molecular formula is C12H16N2O4S. The first-order valence-electron chi connectivity index (χ1n) is 6.20. The SMILES string of the molecule is O=C(O)c1csc(CCCN2C(=O)CC[C@@H]2CO)n1. The van der Waals surface area contributed by atoms with Crippen LogP contribution in [0.4, 0.5) is 0 Å². The van der Waals surface area contributed by atoms with Gasteiger partial charge in [-0.05, 0) is 12.8 Å². The molecule has 1 aromatic heterocycles. The van der Waals surface area contributed by atoms with Gasteiger partial charge in [-0.15, -0.1) is 11.3 Å². The first kappa shape index (κ1) is 14.0. The molecule has 104 valence electrons. The summed E-state index contributed by atoms with van der Waals surface area (Å²) in [5.41, 5.74) is 0.0745. The van der Waals surface area contributed by atoms with Crippen LogP contribution in [0.3, 0.4) is 0 Å². The summed E-state index contributed by atoms with van der Waals surface area (Å²) in [6.45, 7) is 0.595. The smallest absolute Gasteiger partial charge is 0.355 e. The van der Waals surface area contributed by atoms with Crippen LogP contribution in [-0.2, 0) is 11.2 Å². The monoisotopic (exact) mass is 284 g/mol. The average Bonchev–Trinajstić information content (AvgIpc) is 2.98. The topological polar surface area (TPSA) is 90.7 Å². The minimum atomic E-state index is -1.02. The lowest BCUT2D eigenvalue weighted by molar-refractivity contribution is -0.129. The second kappa shape index (κ2) is 6.12. The van der Waals surface area contributed by atoms with Crippen molar-refractivity contribution in [1.29, 1.82) is 0 Å². The van der Waals surface area contributed by atoms with Gasteiger partial charge < -0.3 is 15.1 Å². The number of aromatic carboxylic acids is 1. The lowest BCUT2D eigenvalue weighted by Gasteiger charge is -2.22. The van der Waals surface area contributed by atoms with E-state index in [1.807, 2.05) is 0 Å². The third-order valence-electron chi connectivity index (χ3n) is 3.22. The molecule has 0 spiro atoms. The van der Waals surface area contributed by atoms with Crippen LogP contribution in [0.5, 0.6) is 0 Å². The van der Waals surface area contributed by atoms with Gasteiger partial charge in [0.2, 0.25) is 5.91 Å². The minimum absolute atomic E-state index is 0.00611. The molecule has 7 heteroatoms. The second-order valence-electron chi connectivity index (χ2n) is 4.50. The van der Waals surface area contributed by atoms with Crippen molar-refractivity contribution in [2.24, 2.45) is 0 Å². The first-order chi connectivity index (χ1) is 9.11. The molecule has 1 aromatic rings. The third kappa shape index (κ3) is 3.30. The fraction of sp³-hybridized carbons (Fsp3) is 0.583. The lowest BCUT2D eigenvalue weighted by Crippen LogP contribution is -2.36. The Bertz CT molecular complexity index is 474. The van der Waals surface area contributed by atoms with E-state index in [2.05, 4.69) is 4.98 Å². The van der Waals surface area contributed by atoms with Crippen molar-refractivity contribution < 1.29 is 19.8 Å². The number of carboxylic acids is 1. The van der Waals surface area contributed by atoms with E-state index in [1.165, 1.54) is 16.7 Å². The van der Waals surface area contributed by atoms with Crippen LogP contribution in [0.1, 0.15) is 34.8 Å². The third-order valence-corrected chi connectivity index (χ3v) is 4.13. The van der Waals surface area contributed by atoms with Crippen LogP contribution in [0, 0.1) is 0 Å². The van der Waals surface area contributed by atoms with Crippen LogP contribution in [0.25, 0.3) is 0 Å². The van der Waals surface area contributed by atoms with E-state index in [9.17, 15) is 9.59 Å². The number of carbonyl (C=O) groups is 2. The van der Waals surface area contributed by atoms with Crippen LogP contribution < -0.4 is 0 Å². The van der Waals surface area contributed by atoms with Gasteiger partial charge in [-0.1, -0.05) is 0 Å². The Morgan fingerprint density at radius 2 is 2.37 bits per heavy atom. The summed E-state index contributed by atoms with van der Waals surface area (Å²) in [6.07, 6.45) is 2.61. The number of nitrogens with zero attached hydrogens (tertiary/aromatic N) is 2. The molecule has 1 saturated heterocycles. The molecule has 1 amide bonds. The molecule has 1 aliphatic heterocycles. The number of rotatable bonds is 6. The van der Waals surface area contributed by atoms with Gasteiger partial charge in [0.25, 0.3) is 0 Å². The quantitative estimate of drug-likeness (QED) is 0.804. The number of aliphatic hydroxyl groups excluding tert-OH is 1. The number of amides is 1. The molecule has 0 bridgehead atoms. The Kier molecular flexibility index (Phi) is 4.49. The summed E-state index contributed by atoms with van der Waals surface area (Å²) >= 11 is 1.32. The second-order valence-corrected chi connectivity index (χ2v) is 5.44. The van der Waals surface area contributed by atoms with Crippen molar-refractivity contribution in [3.63, 3.8) is 0 Å².